The van der Waals surface area contributed by atoms with Crippen molar-refractivity contribution in [2.45, 2.75) is 78.4 Å². The summed E-state index contributed by atoms with van der Waals surface area (Å²) in [4.78, 5) is 23.8. The van der Waals surface area contributed by atoms with Crippen LogP contribution in [0.3, 0.4) is 0 Å². The van der Waals surface area contributed by atoms with Gasteiger partial charge in [-0.1, -0.05) is 27.7 Å². The van der Waals surface area contributed by atoms with Crippen molar-refractivity contribution in [3.05, 3.63) is 0 Å². The normalized spacial score (nSPS) is 15.9. The fourth-order valence-electron chi connectivity index (χ4n) is 2.32. The Hall–Kier alpha value is -0.940. The molecule has 3 unspecified atom stereocenters. The molecule has 0 saturated carbocycles. The van der Waals surface area contributed by atoms with Crippen LogP contribution in [0.2, 0.25) is 0 Å². The molecule has 0 aromatic carbocycles. The number of nitrogens with two attached hydrogens (primary N) is 2. The van der Waals surface area contributed by atoms with Crippen LogP contribution in [0.1, 0.15) is 60.3 Å². The van der Waals surface area contributed by atoms with Crippen LogP contribution in [0.5, 0.6) is 0 Å². The average molecular weight is 299 g/mol. The van der Waals surface area contributed by atoms with Crippen LogP contribution in [0.25, 0.3) is 0 Å². The number of Topliss-reactive ketones (excluding diaryl/α,β-unsaturated/α-hetero) is 1. The molecule has 0 heterocycles. The molecule has 21 heavy (non-hydrogen) atoms. The summed E-state index contributed by atoms with van der Waals surface area (Å²) in [5, 5.41) is 2.71. The number of nitrogens with one attached hydrogen (secondary N) is 1. The van der Waals surface area contributed by atoms with E-state index in [9.17, 15) is 9.59 Å². The quantitative estimate of drug-likeness (QED) is 0.570. The molecule has 0 saturated heterocycles. The van der Waals surface area contributed by atoms with Gasteiger partial charge in [-0.2, -0.15) is 0 Å². The maximum Gasteiger partial charge on any atom is 0.220 e. The number of carbonyl (C=O) groups excluding carboxylic acids is 2. The molecule has 0 bridgehead atoms. The van der Waals surface area contributed by atoms with Gasteiger partial charge in [-0.05, 0) is 38.0 Å². The Balaban J connectivity index is 4.15. The third kappa shape index (κ3) is 9.58. The highest BCUT2D eigenvalue weighted by Gasteiger charge is 2.22. The minimum Gasteiger partial charge on any atom is -0.347 e. The zero-order chi connectivity index (χ0) is 16.6. The Labute approximate surface area is 129 Å². The number of amides is 1. The first-order valence-electron chi connectivity index (χ1n) is 7.97. The molecule has 5 nitrogen and oxygen atoms in total. The van der Waals surface area contributed by atoms with Gasteiger partial charge in [0.1, 0.15) is 0 Å². The lowest BCUT2D eigenvalue weighted by atomic mass is 9.95. The van der Waals surface area contributed by atoms with E-state index < -0.39 is 12.1 Å². The fourth-order valence-corrected chi connectivity index (χ4v) is 2.32. The predicted octanol–water partition coefficient (Wildman–Crippen LogP) is 1.59. The van der Waals surface area contributed by atoms with Crippen molar-refractivity contribution in [3.63, 3.8) is 0 Å². The first-order chi connectivity index (χ1) is 9.63. The lowest BCUT2D eigenvalue weighted by molar-refractivity contribution is -0.128. The molecular weight excluding hydrogens is 266 g/mol. The van der Waals surface area contributed by atoms with E-state index in [0.29, 0.717) is 18.8 Å². The molecule has 0 radical (unpaired) electrons. The molecule has 124 valence electrons. The molecule has 0 spiro atoms. The molecule has 0 fully saturated rings. The first-order valence-corrected chi connectivity index (χ1v) is 7.97. The van der Waals surface area contributed by atoms with Crippen molar-refractivity contribution >= 4 is 11.7 Å². The van der Waals surface area contributed by atoms with Crippen molar-refractivity contribution < 1.29 is 9.59 Å². The van der Waals surface area contributed by atoms with Gasteiger partial charge in [0.25, 0.3) is 0 Å². The highest BCUT2D eigenvalue weighted by atomic mass is 16.2. The van der Waals surface area contributed by atoms with Gasteiger partial charge in [0.15, 0.2) is 5.78 Å². The third-order valence-corrected chi connectivity index (χ3v) is 3.39. The monoisotopic (exact) mass is 299 g/mol. The molecule has 0 aromatic heterocycles. The summed E-state index contributed by atoms with van der Waals surface area (Å²) in [6.45, 7) is 9.87. The second-order valence-electron chi connectivity index (χ2n) is 6.86. The Morgan fingerprint density at radius 3 is 2.00 bits per heavy atom. The van der Waals surface area contributed by atoms with E-state index in [1.165, 1.54) is 0 Å². The maximum atomic E-state index is 12.1. The molecule has 0 aliphatic carbocycles. The summed E-state index contributed by atoms with van der Waals surface area (Å²) in [6.07, 6.45) is 2.66. The molecule has 1 amide bonds. The van der Waals surface area contributed by atoms with Crippen molar-refractivity contribution in [1.82, 2.24) is 5.32 Å². The summed E-state index contributed by atoms with van der Waals surface area (Å²) >= 11 is 0. The van der Waals surface area contributed by atoms with Gasteiger partial charge < -0.3 is 16.8 Å². The zero-order valence-corrected chi connectivity index (χ0v) is 14.2. The summed E-state index contributed by atoms with van der Waals surface area (Å²) in [5.74, 6) is 0.592. The smallest absolute Gasteiger partial charge is 0.220 e. The number of carbonyl (C=O) groups is 2. The summed E-state index contributed by atoms with van der Waals surface area (Å²) < 4.78 is 0. The minimum absolute atomic E-state index is 0.0784. The van der Waals surface area contributed by atoms with Crippen LogP contribution >= 0.6 is 0 Å². The van der Waals surface area contributed by atoms with Crippen LogP contribution in [0, 0.1) is 11.8 Å². The largest absolute Gasteiger partial charge is 0.347 e. The van der Waals surface area contributed by atoms with Crippen molar-refractivity contribution in [2.75, 3.05) is 0 Å². The van der Waals surface area contributed by atoms with Crippen LogP contribution in [-0.2, 0) is 9.59 Å². The number of ketones is 1. The molecule has 5 heteroatoms. The fraction of sp³-hybridized carbons (Fsp3) is 0.875. The van der Waals surface area contributed by atoms with Crippen molar-refractivity contribution in [3.8, 4) is 0 Å². The molecular formula is C16H33N3O2. The Bertz CT molecular complexity index is 329. The maximum absolute atomic E-state index is 12.1. The summed E-state index contributed by atoms with van der Waals surface area (Å²) in [7, 11) is 0. The van der Waals surface area contributed by atoms with Crippen LogP contribution in [0.4, 0.5) is 0 Å². The number of hydrogen-bond donors (Lipinski definition) is 3. The summed E-state index contributed by atoms with van der Waals surface area (Å²) in [6, 6.07) is -1.01. The lowest BCUT2D eigenvalue weighted by Crippen LogP contribution is -2.47. The Kier molecular flexibility index (Phi) is 9.46. The van der Waals surface area contributed by atoms with E-state index >= 15 is 0 Å². The predicted molar refractivity (Wildman–Crippen MR) is 86.7 cm³/mol. The zero-order valence-electron chi connectivity index (χ0n) is 14.2. The van der Waals surface area contributed by atoms with E-state index in [4.69, 9.17) is 11.5 Å². The highest BCUT2D eigenvalue weighted by Crippen LogP contribution is 2.09. The Morgan fingerprint density at radius 2 is 1.52 bits per heavy atom. The molecule has 5 N–H and O–H groups in total. The highest BCUT2D eigenvalue weighted by molar-refractivity contribution is 5.92. The average Bonchev–Trinajstić information content (AvgIpc) is 2.32. The lowest BCUT2D eigenvalue weighted by Gasteiger charge is -2.20. The standard InChI is InChI=1S/C16H33N3O2/c1-10(2)8-13(17)6-7-14(18)16(21)12(5)19-15(20)9-11(3)4/h10-14H,6-9,17-18H2,1-5H3,(H,19,20). The van der Waals surface area contributed by atoms with Gasteiger partial charge in [0.05, 0.1) is 12.1 Å². The summed E-state index contributed by atoms with van der Waals surface area (Å²) in [5.41, 5.74) is 11.9. The van der Waals surface area contributed by atoms with E-state index in [0.717, 1.165) is 12.8 Å². The van der Waals surface area contributed by atoms with E-state index in [2.05, 4.69) is 19.2 Å². The topological polar surface area (TPSA) is 98.2 Å². The van der Waals surface area contributed by atoms with E-state index in [1.807, 2.05) is 13.8 Å². The van der Waals surface area contributed by atoms with E-state index in [-0.39, 0.29) is 23.7 Å². The second kappa shape index (κ2) is 9.90. The molecule has 0 rings (SSSR count). The van der Waals surface area contributed by atoms with Crippen molar-refractivity contribution in [2.24, 2.45) is 23.3 Å². The third-order valence-electron chi connectivity index (χ3n) is 3.39. The van der Waals surface area contributed by atoms with Crippen LogP contribution in [-0.4, -0.2) is 29.8 Å². The van der Waals surface area contributed by atoms with Crippen LogP contribution in [0.15, 0.2) is 0 Å². The van der Waals surface area contributed by atoms with Gasteiger partial charge in [-0.25, -0.2) is 0 Å². The molecule has 0 aliphatic rings. The SMILES string of the molecule is CC(C)CC(=O)NC(C)C(=O)C(N)CCC(N)CC(C)C. The second-order valence-corrected chi connectivity index (χ2v) is 6.86. The van der Waals surface area contributed by atoms with Crippen molar-refractivity contribution in [1.29, 1.82) is 0 Å². The molecule has 3 atom stereocenters. The molecule has 0 aliphatic heterocycles. The Morgan fingerprint density at radius 1 is 0.952 bits per heavy atom. The minimum atomic E-state index is -0.558. The van der Waals surface area contributed by atoms with Gasteiger partial charge >= 0.3 is 0 Å². The van der Waals surface area contributed by atoms with Gasteiger partial charge in [-0.15, -0.1) is 0 Å². The molecule has 0 aromatic rings. The van der Waals surface area contributed by atoms with E-state index in [1.54, 1.807) is 6.92 Å². The number of hydrogen-bond acceptors (Lipinski definition) is 4. The first kappa shape index (κ1) is 20.1. The van der Waals surface area contributed by atoms with Gasteiger partial charge in [0.2, 0.25) is 5.91 Å². The van der Waals surface area contributed by atoms with Crippen LogP contribution < -0.4 is 16.8 Å². The van der Waals surface area contributed by atoms with Gasteiger partial charge in [0, 0.05) is 12.5 Å². The number of rotatable bonds is 10. The van der Waals surface area contributed by atoms with Gasteiger partial charge in [-0.3, -0.25) is 9.59 Å².